The molecule has 1 aromatic heterocycles. The van der Waals surface area contributed by atoms with E-state index in [9.17, 15) is 12.8 Å². The average molecular weight is 321 g/mol. The first kappa shape index (κ1) is 14.0. The van der Waals surface area contributed by atoms with Gasteiger partial charge >= 0.3 is 0 Å². The molecule has 22 heavy (non-hydrogen) atoms. The molecular weight excluding hydrogens is 305 g/mol. The third kappa shape index (κ3) is 1.96. The van der Waals surface area contributed by atoms with Crippen LogP contribution in [-0.4, -0.2) is 42.9 Å². The molecule has 5 nitrogen and oxygen atoms in total. The molecule has 0 unspecified atom stereocenters. The first-order chi connectivity index (χ1) is 10.6. The van der Waals surface area contributed by atoms with Crippen LogP contribution in [0.25, 0.3) is 10.8 Å². The van der Waals surface area contributed by atoms with Gasteiger partial charge in [0.15, 0.2) is 5.82 Å². The minimum absolute atomic E-state index is 0.0230. The molecule has 0 saturated carbocycles. The Kier molecular flexibility index (Phi) is 3.18. The van der Waals surface area contributed by atoms with E-state index in [1.165, 1.54) is 16.6 Å². The summed E-state index contributed by atoms with van der Waals surface area (Å²) in [5, 5.41) is 3.96. The van der Waals surface area contributed by atoms with Gasteiger partial charge in [0.05, 0.1) is 11.1 Å². The zero-order chi connectivity index (χ0) is 15.3. The molecule has 2 aliphatic rings. The molecule has 3 heterocycles. The van der Waals surface area contributed by atoms with E-state index in [2.05, 4.69) is 10.3 Å². The minimum atomic E-state index is -3.72. The highest BCUT2D eigenvalue weighted by Crippen LogP contribution is 2.34. The first-order valence-corrected chi connectivity index (χ1v) is 8.80. The van der Waals surface area contributed by atoms with Gasteiger partial charge in [-0.2, -0.15) is 4.31 Å². The maximum Gasteiger partial charge on any atom is 0.244 e. The summed E-state index contributed by atoms with van der Waals surface area (Å²) in [6, 6.07) is 4.99. The van der Waals surface area contributed by atoms with Crippen LogP contribution in [0.15, 0.2) is 35.5 Å². The number of rotatable bonds is 2. The molecule has 2 fully saturated rings. The standard InChI is InChI=1S/C15H16FN3O2S/c16-11-9-17-8-10-2-1-3-14(15(10)11)22(20,21)19-7-5-12-13(19)4-6-18-12/h1-3,8-9,12-13,18H,4-7H2/t12-,13-/m0/s1. The number of nitrogens with zero attached hydrogens (tertiary/aromatic N) is 2. The highest BCUT2D eigenvalue weighted by Gasteiger charge is 2.44. The summed E-state index contributed by atoms with van der Waals surface area (Å²) in [4.78, 5) is 3.83. The lowest BCUT2D eigenvalue weighted by molar-refractivity contribution is 0.386. The molecule has 0 aliphatic carbocycles. The van der Waals surface area contributed by atoms with Crippen molar-refractivity contribution in [3.8, 4) is 0 Å². The summed E-state index contributed by atoms with van der Waals surface area (Å²) in [6.45, 7) is 1.31. The first-order valence-electron chi connectivity index (χ1n) is 7.36. The van der Waals surface area contributed by atoms with E-state index in [0.29, 0.717) is 11.9 Å². The van der Waals surface area contributed by atoms with E-state index in [1.807, 2.05) is 0 Å². The van der Waals surface area contributed by atoms with Crippen molar-refractivity contribution in [3.05, 3.63) is 36.4 Å². The van der Waals surface area contributed by atoms with E-state index < -0.39 is 15.8 Å². The number of fused-ring (bicyclic) bond motifs is 2. The molecule has 0 spiro atoms. The predicted molar refractivity (Wildman–Crippen MR) is 80.4 cm³/mol. The zero-order valence-electron chi connectivity index (χ0n) is 11.9. The van der Waals surface area contributed by atoms with Crippen molar-refractivity contribution in [2.75, 3.05) is 13.1 Å². The largest absolute Gasteiger partial charge is 0.312 e. The van der Waals surface area contributed by atoms with Gasteiger partial charge in [-0.3, -0.25) is 4.98 Å². The Morgan fingerprint density at radius 3 is 3.00 bits per heavy atom. The molecule has 2 saturated heterocycles. The van der Waals surface area contributed by atoms with Gasteiger partial charge in [-0.25, -0.2) is 12.8 Å². The second kappa shape index (κ2) is 4.97. The molecule has 2 aliphatic heterocycles. The lowest BCUT2D eigenvalue weighted by atomic mass is 10.1. The van der Waals surface area contributed by atoms with Gasteiger partial charge < -0.3 is 5.32 Å². The molecular formula is C15H16FN3O2S. The van der Waals surface area contributed by atoms with E-state index in [4.69, 9.17) is 0 Å². The summed E-state index contributed by atoms with van der Waals surface area (Å²) >= 11 is 0. The van der Waals surface area contributed by atoms with E-state index >= 15 is 0 Å². The van der Waals surface area contributed by atoms with Crippen molar-refractivity contribution in [2.45, 2.75) is 29.8 Å². The van der Waals surface area contributed by atoms with Crippen molar-refractivity contribution in [2.24, 2.45) is 0 Å². The Bertz CT molecular complexity index is 835. The quantitative estimate of drug-likeness (QED) is 0.910. The molecule has 2 aromatic rings. The Hall–Kier alpha value is -1.57. The molecule has 4 rings (SSSR count). The second-order valence-corrected chi connectivity index (χ2v) is 7.66. The van der Waals surface area contributed by atoms with Crippen molar-refractivity contribution in [3.63, 3.8) is 0 Å². The van der Waals surface area contributed by atoms with Gasteiger partial charge in [-0.05, 0) is 25.5 Å². The molecule has 0 bridgehead atoms. The third-order valence-corrected chi connectivity index (χ3v) is 6.59. The van der Waals surface area contributed by atoms with Crippen molar-refractivity contribution in [1.29, 1.82) is 0 Å². The summed E-state index contributed by atoms with van der Waals surface area (Å²) in [6.07, 6.45) is 4.16. The monoisotopic (exact) mass is 321 g/mol. The molecule has 2 atom stereocenters. The number of hydrogen-bond acceptors (Lipinski definition) is 4. The van der Waals surface area contributed by atoms with Crippen LogP contribution in [0.3, 0.4) is 0 Å². The van der Waals surface area contributed by atoms with Crippen LogP contribution in [0.1, 0.15) is 12.8 Å². The van der Waals surface area contributed by atoms with E-state index in [0.717, 1.165) is 25.6 Å². The number of hydrogen-bond donors (Lipinski definition) is 1. The Morgan fingerprint density at radius 1 is 1.27 bits per heavy atom. The fourth-order valence-electron chi connectivity index (χ4n) is 3.62. The van der Waals surface area contributed by atoms with Crippen molar-refractivity contribution < 1.29 is 12.8 Å². The number of benzene rings is 1. The van der Waals surface area contributed by atoms with Gasteiger partial charge in [-0.15, -0.1) is 0 Å². The van der Waals surface area contributed by atoms with Gasteiger partial charge in [0, 0.05) is 35.6 Å². The van der Waals surface area contributed by atoms with Crippen LogP contribution in [0.2, 0.25) is 0 Å². The summed E-state index contributed by atoms with van der Waals surface area (Å²) in [5.41, 5.74) is 0. The fourth-order valence-corrected chi connectivity index (χ4v) is 5.55. The van der Waals surface area contributed by atoms with Crippen molar-refractivity contribution >= 4 is 20.8 Å². The topological polar surface area (TPSA) is 62.3 Å². The Balaban J connectivity index is 1.88. The second-order valence-electron chi connectivity index (χ2n) is 5.80. The smallest absolute Gasteiger partial charge is 0.244 e. The summed E-state index contributed by atoms with van der Waals surface area (Å²) in [7, 11) is -3.72. The molecule has 1 aromatic carbocycles. The maximum absolute atomic E-state index is 14.2. The van der Waals surface area contributed by atoms with Crippen LogP contribution in [0.4, 0.5) is 4.39 Å². The van der Waals surface area contributed by atoms with E-state index in [1.54, 1.807) is 12.1 Å². The normalized spacial score (nSPS) is 25.7. The van der Waals surface area contributed by atoms with Crippen LogP contribution >= 0.6 is 0 Å². The predicted octanol–water partition coefficient (Wildman–Crippen LogP) is 1.50. The number of halogens is 1. The van der Waals surface area contributed by atoms with Gasteiger partial charge in [0.1, 0.15) is 0 Å². The number of pyridine rings is 1. The molecule has 7 heteroatoms. The number of aromatic nitrogens is 1. The zero-order valence-corrected chi connectivity index (χ0v) is 12.7. The molecule has 1 N–H and O–H groups in total. The highest BCUT2D eigenvalue weighted by molar-refractivity contribution is 7.89. The summed E-state index contributed by atoms with van der Waals surface area (Å²) in [5.74, 6) is -0.600. The minimum Gasteiger partial charge on any atom is -0.312 e. The van der Waals surface area contributed by atoms with Crippen LogP contribution in [0.5, 0.6) is 0 Å². The highest BCUT2D eigenvalue weighted by atomic mass is 32.2. The lowest BCUT2D eigenvalue weighted by Crippen LogP contribution is -2.38. The Morgan fingerprint density at radius 2 is 2.14 bits per heavy atom. The third-order valence-electron chi connectivity index (χ3n) is 4.63. The van der Waals surface area contributed by atoms with Gasteiger partial charge in [0.25, 0.3) is 0 Å². The SMILES string of the molecule is O=S(=O)(c1cccc2cncc(F)c12)N1CC[C@@H]2NCC[C@@H]21. The van der Waals surface area contributed by atoms with Crippen molar-refractivity contribution in [1.82, 2.24) is 14.6 Å². The number of sulfonamides is 1. The molecule has 0 radical (unpaired) electrons. The lowest BCUT2D eigenvalue weighted by Gasteiger charge is -2.23. The number of nitrogens with one attached hydrogen (secondary N) is 1. The van der Waals surface area contributed by atoms with Crippen LogP contribution < -0.4 is 5.32 Å². The van der Waals surface area contributed by atoms with Crippen LogP contribution in [0, 0.1) is 5.82 Å². The van der Waals surface area contributed by atoms with Gasteiger partial charge in [-0.1, -0.05) is 12.1 Å². The fraction of sp³-hybridized carbons (Fsp3) is 0.400. The molecule has 0 amide bonds. The Labute approximate surface area is 128 Å². The maximum atomic E-state index is 14.2. The summed E-state index contributed by atoms with van der Waals surface area (Å²) < 4.78 is 41.8. The van der Waals surface area contributed by atoms with Gasteiger partial charge in [0.2, 0.25) is 10.0 Å². The average Bonchev–Trinajstić information content (AvgIpc) is 3.09. The van der Waals surface area contributed by atoms with Crippen LogP contribution in [-0.2, 0) is 10.0 Å². The molecule has 116 valence electrons. The van der Waals surface area contributed by atoms with E-state index in [-0.39, 0.29) is 22.4 Å².